The maximum absolute atomic E-state index is 11.4. The molecule has 0 aliphatic heterocycles. The number of nitrogens with one attached hydrogen (secondary N) is 1. The van der Waals surface area contributed by atoms with Crippen molar-refractivity contribution in [3.8, 4) is 5.75 Å². The zero-order valence-electron chi connectivity index (χ0n) is 12.3. The molecular weight excluding hydrogens is 264 g/mol. The quantitative estimate of drug-likeness (QED) is 0.856. The first-order valence-corrected chi connectivity index (χ1v) is 6.83. The van der Waals surface area contributed by atoms with Gasteiger partial charge < -0.3 is 15.8 Å². The molecule has 1 atom stereocenters. The first-order valence-electron chi connectivity index (χ1n) is 6.83. The van der Waals surface area contributed by atoms with Crippen LogP contribution in [-0.2, 0) is 11.3 Å². The number of hydrogen-bond acceptors (Lipinski definition) is 4. The molecular formula is C17H20N2O2. The number of ether oxygens (including phenoxy) is 1. The monoisotopic (exact) mass is 284 g/mol. The molecule has 0 radical (unpaired) electrons. The van der Waals surface area contributed by atoms with Crippen LogP contribution in [0.1, 0.15) is 24.1 Å². The minimum Gasteiger partial charge on any atom is -0.496 e. The van der Waals surface area contributed by atoms with Gasteiger partial charge in [-0.2, -0.15) is 0 Å². The molecule has 3 N–H and O–H groups in total. The lowest BCUT2D eigenvalue weighted by Crippen LogP contribution is -2.18. The van der Waals surface area contributed by atoms with Crippen LogP contribution in [0.2, 0.25) is 0 Å². The van der Waals surface area contributed by atoms with Gasteiger partial charge in [0.15, 0.2) is 5.78 Å². The van der Waals surface area contributed by atoms with Crippen LogP contribution in [0.3, 0.4) is 0 Å². The number of rotatable bonds is 6. The van der Waals surface area contributed by atoms with Gasteiger partial charge in [-0.3, -0.25) is 4.79 Å². The maximum Gasteiger partial charge on any atom is 0.150 e. The first-order chi connectivity index (χ1) is 10.1. The first kappa shape index (κ1) is 15.1. The standard InChI is InChI=1S/C17H20N2O2/c1-12(20)17(18)13-7-5-8-15(10-13)19-11-14-6-3-4-9-16(14)21-2/h3-10,17,19H,11,18H2,1-2H3. The molecule has 0 aromatic heterocycles. The predicted octanol–water partition coefficient (Wildman–Crippen LogP) is 2.90. The van der Waals surface area contributed by atoms with E-state index in [2.05, 4.69) is 5.32 Å². The van der Waals surface area contributed by atoms with Gasteiger partial charge in [-0.25, -0.2) is 0 Å². The van der Waals surface area contributed by atoms with Crippen LogP contribution in [-0.4, -0.2) is 12.9 Å². The Morgan fingerprint density at radius 2 is 2.00 bits per heavy atom. The van der Waals surface area contributed by atoms with Crippen LogP contribution >= 0.6 is 0 Å². The van der Waals surface area contributed by atoms with Gasteiger partial charge in [-0.15, -0.1) is 0 Å². The van der Waals surface area contributed by atoms with Crippen molar-refractivity contribution >= 4 is 11.5 Å². The number of ketones is 1. The summed E-state index contributed by atoms with van der Waals surface area (Å²) < 4.78 is 5.32. The van der Waals surface area contributed by atoms with Crippen molar-refractivity contribution in [2.24, 2.45) is 5.73 Å². The molecule has 0 saturated heterocycles. The van der Waals surface area contributed by atoms with Crippen molar-refractivity contribution < 1.29 is 9.53 Å². The number of nitrogens with two attached hydrogens (primary N) is 1. The molecule has 110 valence electrons. The van der Waals surface area contributed by atoms with E-state index < -0.39 is 6.04 Å². The van der Waals surface area contributed by atoms with Gasteiger partial charge in [-0.05, 0) is 30.7 Å². The van der Waals surface area contributed by atoms with Crippen molar-refractivity contribution in [1.29, 1.82) is 0 Å². The average Bonchev–Trinajstić information content (AvgIpc) is 2.52. The van der Waals surface area contributed by atoms with Gasteiger partial charge in [0.2, 0.25) is 0 Å². The van der Waals surface area contributed by atoms with E-state index in [4.69, 9.17) is 10.5 Å². The van der Waals surface area contributed by atoms with Crippen LogP contribution in [0, 0.1) is 0 Å². The van der Waals surface area contributed by atoms with Gasteiger partial charge in [0.25, 0.3) is 0 Å². The highest BCUT2D eigenvalue weighted by Crippen LogP contribution is 2.21. The molecule has 4 nitrogen and oxygen atoms in total. The van der Waals surface area contributed by atoms with E-state index in [1.165, 1.54) is 6.92 Å². The number of carbonyl (C=O) groups excluding carboxylic acids is 1. The molecule has 0 saturated carbocycles. The SMILES string of the molecule is COc1ccccc1CNc1cccc(C(N)C(C)=O)c1. The molecule has 0 fully saturated rings. The summed E-state index contributed by atoms with van der Waals surface area (Å²) in [5, 5.41) is 3.32. The van der Waals surface area contributed by atoms with Gasteiger partial charge >= 0.3 is 0 Å². The van der Waals surface area contributed by atoms with Crippen molar-refractivity contribution in [1.82, 2.24) is 0 Å². The molecule has 21 heavy (non-hydrogen) atoms. The Bertz CT molecular complexity index is 626. The average molecular weight is 284 g/mol. The smallest absolute Gasteiger partial charge is 0.150 e. The molecule has 0 amide bonds. The fourth-order valence-corrected chi connectivity index (χ4v) is 2.12. The third-order valence-electron chi connectivity index (χ3n) is 3.36. The van der Waals surface area contributed by atoms with Crippen molar-refractivity contribution in [2.45, 2.75) is 19.5 Å². The highest BCUT2D eigenvalue weighted by Gasteiger charge is 2.11. The lowest BCUT2D eigenvalue weighted by atomic mass is 10.0. The Hall–Kier alpha value is -2.33. The molecule has 0 heterocycles. The predicted molar refractivity (Wildman–Crippen MR) is 84.4 cm³/mol. The highest BCUT2D eigenvalue weighted by molar-refractivity contribution is 5.82. The third kappa shape index (κ3) is 3.83. The summed E-state index contributed by atoms with van der Waals surface area (Å²) in [7, 11) is 1.66. The maximum atomic E-state index is 11.4. The van der Waals surface area contributed by atoms with Crippen LogP contribution in [0.5, 0.6) is 5.75 Å². The van der Waals surface area contributed by atoms with Crippen LogP contribution in [0.25, 0.3) is 0 Å². The fraction of sp³-hybridized carbons (Fsp3) is 0.235. The summed E-state index contributed by atoms with van der Waals surface area (Å²) in [5.41, 5.74) is 8.67. The number of para-hydroxylation sites is 1. The Kier molecular flexibility index (Phi) is 4.95. The molecule has 2 aromatic carbocycles. The summed E-state index contributed by atoms with van der Waals surface area (Å²) in [5.74, 6) is 0.804. The lowest BCUT2D eigenvalue weighted by Gasteiger charge is -2.13. The van der Waals surface area contributed by atoms with E-state index in [0.29, 0.717) is 6.54 Å². The second-order valence-electron chi connectivity index (χ2n) is 4.88. The number of methoxy groups -OCH3 is 1. The van der Waals surface area contributed by atoms with Gasteiger partial charge in [0, 0.05) is 17.8 Å². The third-order valence-corrected chi connectivity index (χ3v) is 3.36. The van der Waals surface area contributed by atoms with E-state index in [9.17, 15) is 4.79 Å². The summed E-state index contributed by atoms with van der Waals surface area (Å²) in [6.07, 6.45) is 0. The van der Waals surface area contributed by atoms with E-state index in [-0.39, 0.29) is 5.78 Å². The van der Waals surface area contributed by atoms with Gasteiger partial charge in [-0.1, -0.05) is 30.3 Å². The molecule has 4 heteroatoms. The molecule has 2 rings (SSSR count). The highest BCUT2D eigenvalue weighted by atomic mass is 16.5. The Labute approximate surface area is 124 Å². The molecule has 0 aliphatic rings. The molecule has 2 aromatic rings. The Morgan fingerprint density at radius 3 is 2.71 bits per heavy atom. The fourth-order valence-electron chi connectivity index (χ4n) is 2.12. The van der Waals surface area contributed by atoms with Crippen molar-refractivity contribution in [3.05, 3.63) is 59.7 Å². The lowest BCUT2D eigenvalue weighted by molar-refractivity contribution is -0.118. The largest absolute Gasteiger partial charge is 0.496 e. The number of anilines is 1. The van der Waals surface area contributed by atoms with Crippen LogP contribution in [0.4, 0.5) is 5.69 Å². The van der Waals surface area contributed by atoms with Crippen LogP contribution < -0.4 is 15.8 Å². The second kappa shape index (κ2) is 6.90. The van der Waals surface area contributed by atoms with Gasteiger partial charge in [0.1, 0.15) is 5.75 Å². The molecule has 0 aliphatic carbocycles. The van der Waals surface area contributed by atoms with E-state index >= 15 is 0 Å². The van der Waals surface area contributed by atoms with E-state index in [0.717, 1.165) is 22.6 Å². The van der Waals surface area contributed by atoms with E-state index in [1.807, 2.05) is 48.5 Å². The number of hydrogen-bond donors (Lipinski definition) is 2. The zero-order chi connectivity index (χ0) is 15.2. The number of benzene rings is 2. The van der Waals surface area contributed by atoms with E-state index in [1.54, 1.807) is 7.11 Å². The zero-order valence-corrected chi connectivity index (χ0v) is 12.3. The summed E-state index contributed by atoms with van der Waals surface area (Å²) in [6, 6.07) is 14.9. The Morgan fingerprint density at radius 1 is 1.24 bits per heavy atom. The summed E-state index contributed by atoms with van der Waals surface area (Å²) in [4.78, 5) is 11.4. The molecule has 0 bridgehead atoms. The minimum atomic E-state index is -0.571. The molecule has 1 unspecified atom stereocenters. The minimum absolute atomic E-state index is 0.0446. The topological polar surface area (TPSA) is 64.3 Å². The van der Waals surface area contributed by atoms with Crippen molar-refractivity contribution in [3.63, 3.8) is 0 Å². The van der Waals surface area contributed by atoms with Crippen LogP contribution in [0.15, 0.2) is 48.5 Å². The second-order valence-corrected chi connectivity index (χ2v) is 4.88. The normalized spacial score (nSPS) is 11.8. The molecule has 0 spiro atoms. The number of carbonyl (C=O) groups is 1. The van der Waals surface area contributed by atoms with Gasteiger partial charge in [0.05, 0.1) is 13.2 Å². The number of Topliss-reactive ketones (excluding diaryl/α,β-unsaturated/α-hetero) is 1. The Balaban J connectivity index is 2.10. The summed E-state index contributed by atoms with van der Waals surface area (Å²) in [6.45, 7) is 2.14. The summed E-state index contributed by atoms with van der Waals surface area (Å²) >= 11 is 0. The van der Waals surface area contributed by atoms with Crippen molar-refractivity contribution in [2.75, 3.05) is 12.4 Å².